The lowest BCUT2D eigenvalue weighted by Gasteiger charge is -2.26. The van der Waals surface area contributed by atoms with E-state index in [1.807, 2.05) is 19.9 Å². The van der Waals surface area contributed by atoms with Crippen molar-refractivity contribution in [1.29, 1.82) is 10.8 Å². The minimum absolute atomic E-state index is 0.226. The molecule has 0 aliphatic carbocycles. The molecule has 0 radical (unpaired) electrons. The van der Waals surface area contributed by atoms with Gasteiger partial charge < -0.3 is 0 Å². The van der Waals surface area contributed by atoms with Gasteiger partial charge in [-0.15, -0.1) is 0 Å². The summed E-state index contributed by atoms with van der Waals surface area (Å²) < 4.78 is 0. The maximum atomic E-state index is 8.45. The van der Waals surface area contributed by atoms with Crippen LogP contribution in [0.15, 0.2) is 36.7 Å². The number of hydrogen-bond acceptors (Lipinski definition) is 3. The molecule has 4 nitrogen and oxygen atoms in total. The van der Waals surface area contributed by atoms with Crippen molar-refractivity contribution in [3.05, 3.63) is 58.9 Å². The zero-order chi connectivity index (χ0) is 17.9. The van der Waals surface area contributed by atoms with Gasteiger partial charge in [0.15, 0.2) is 0 Å². The van der Waals surface area contributed by atoms with Gasteiger partial charge in [-0.05, 0) is 54.5 Å². The van der Waals surface area contributed by atoms with Crippen LogP contribution < -0.4 is 4.90 Å². The summed E-state index contributed by atoms with van der Waals surface area (Å²) in [5.74, 6) is 0.257. The number of nitrogens with one attached hydrogen (secondary N) is 2. The highest BCUT2D eigenvalue weighted by molar-refractivity contribution is 6.17. The maximum Gasteiger partial charge on any atom is 0.139 e. The number of hydrogen-bond donors (Lipinski definition) is 2. The standard InChI is InChI=1S/C20H26N4/c1-14-9-16(11-20(3,4)5)10-15(2)18(14)24(13-21)19(22)17-7-6-8-23-12-17/h6-10,12-13,21-22H,11H2,1-5H3. The molecule has 4 heteroatoms. The number of benzene rings is 1. The predicted molar refractivity (Wildman–Crippen MR) is 101 cm³/mol. The van der Waals surface area contributed by atoms with Crippen LogP contribution in [-0.4, -0.2) is 17.2 Å². The highest BCUT2D eigenvalue weighted by Crippen LogP contribution is 2.30. The molecule has 1 heterocycles. The Labute approximate surface area is 144 Å². The third-order valence-corrected chi connectivity index (χ3v) is 3.83. The highest BCUT2D eigenvalue weighted by Gasteiger charge is 2.19. The van der Waals surface area contributed by atoms with Crippen molar-refractivity contribution in [2.24, 2.45) is 5.41 Å². The zero-order valence-electron chi connectivity index (χ0n) is 15.1. The minimum atomic E-state index is 0.226. The lowest BCUT2D eigenvalue weighted by Crippen LogP contribution is -2.30. The van der Waals surface area contributed by atoms with E-state index in [2.05, 4.69) is 37.9 Å². The molecule has 0 spiro atoms. The average molecular weight is 322 g/mol. The van der Waals surface area contributed by atoms with Crippen molar-refractivity contribution < 1.29 is 0 Å². The van der Waals surface area contributed by atoms with Crippen molar-refractivity contribution in [2.45, 2.75) is 41.0 Å². The Morgan fingerprint density at radius 3 is 2.29 bits per heavy atom. The van der Waals surface area contributed by atoms with E-state index in [4.69, 9.17) is 10.8 Å². The van der Waals surface area contributed by atoms with Gasteiger partial charge in [-0.3, -0.25) is 20.7 Å². The number of anilines is 1. The summed E-state index contributed by atoms with van der Waals surface area (Å²) in [6.45, 7) is 10.8. The van der Waals surface area contributed by atoms with E-state index < -0.39 is 0 Å². The lowest BCUT2D eigenvalue weighted by atomic mass is 9.86. The van der Waals surface area contributed by atoms with Gasteiger partial charge in [-0.1, -0.05) is 32.9 Å². The van der Waals surface area contributed by atoms with E-state index in [0.29, 0.717) is 5.56 Å². The van der Waals surface area contributed by atoms with Crippen LogP contribution in [0.25, 0.3) is 0 Å². The topological polar surface area (TPSA) is 63.8 Å². The van der Waals surface area contributed by atoms with Crippen LogP contribution in [-0.2, 0) is 6.42 Å². The second-order valence-electron chi connectivity index (χ2n) is 7.41. The summed E-state index contributed by atoms with van der Waals surface area (Å²) in [7, 11) is 0. The predicted octanol–water partition coefficient (Wildman–Crippen LogP) is 4.73. The molecule has 0 saturated heterocycles. The molecular formula is C20H26N4. The first kappa shape index (κ1) is 17.9. The Hall–Kier alpha value is -2.49. The fraction of sp³-hybridized carbons (Fsp3) is 0.350. The quantitative estimate of drug-likeness (QED) is 0.631. The van der Waals surface area contributed by atoms with Crippen LogP contribution in [0.2, 0.25) is 0 Å². The van der Waals surface area contributed by atoms with E-state index in [0.717, 1.165) is 23.2 Å². The molecule has 126 valence electrons. The lowest BCUT2D eigenvalue weighted by molar-refractivity contribution is 0.411. The first-order valence-corrected chi connectivity index (χ1v) is 8.12. The van der Waals surface area contributed by atoms with Gasteiger partial charge in [-0.25, -0.2) is 0 Å². The summed E-state index contributed by atoms with van der Waals surface area (Å²) in [6.07, 6.45) is 5.54. The van der Waals surface area contributed by atoms with Crippen LogP contribution in [0.1, 0.15) is 43.0 Å². The smallest absolute Gasteiger partial charge is 0.139 e. The normalized spacial score (nSPS) is 11.2. The third kappa shape index (κ3) is 4.07. The molecule has 2 N–H and O–H groups in total. The zero-order valence-corrected chi connectivity index (χ0v) is 15.1. The van der Waals surface area contributed by atoms with Gasteiger partial charge in [0.2, 0.25) is 0 Å². The van der Waals surface area contributed by atoms with Crippen LogP contribution in [0, 0.1) is 30.1 Å². The first-order valence-electron chi connectivity index (χ1n) is 8.12. The first-order chi connectivity index (χ1) is 11.2. The number of aromatic nitrogens is 1. The van der Waals surface area contributed by atoms with E-state index in [-0.39, 0.29) is 11.3 Å². The van der Waals surface area contributed by atoms with Crippen molar-refractivity contribution >= 4 is 17.9 Å². The van der Waals surface area contributed by atoms with Gasteiger partial charge in [0.25, 0.3) is 0 Å². The summed E-state index contributed by atoms with van der Waals surface area (Å²) in [6, 6.07) is 7.98. The van der Waals surface area contributed by atoms with Crippen LogP contribution >= 0.6 is 0 Å². The number of pyridine rings is 1. The Balaban J connectivity index is 2.42. The molecule has 0 unspecified atom stereocenters. The molecule has 24 heavy (non-hydrogen) atoms. The number of rotatable bonds is 4. The monoisotopic (exact) mass is 322 g/mol. The van der Waals surface area contributed by atoms with Crippen LogP contribution in [0.3, 0.4) is 0 Å². The Bertz CT molecular complexity index is 719. The van der Waals surface area contributed by atoms with Gasteiger partial charge >= 0.3 is 0 Å². The molecule has 0 amide bonds. The second-order valence-corrected chi connectivity index (χ2v) is 7.41. The maximum absolute atomic E-state index is 8.45. The molecule has 0 bridgehead atoms. The second kappa shape index (κ2) is 6.95. The van der Waals surface area contributed by atoms with Gasteiger partial charge in [0.05, 0.1) is 12.0 Å². The Morgan fingerprint density at radius 1 is 1.21 bits per heavy atom. The summed E-state index contributed by atoms with van der Waals surface area (Å²) in [4.78, 5) is 5.69. The largest absolute Gasteiger partial charge is 0.291 e. The number of aryl methyl sites for hydroxylation is 2. The van der Waals surface area contributed by atoms with Crippen LogP contribution in [0.5, 0.6) is 0 Å². The molecule has 0 atom stereocenters. The van der Waals surface area contributed by atoms with Gasteiger partial charge in [-0.2, -0.15) is 0 Å². The molecule has 2 rings (SSSR count). The molecule has 2 aromatic rings. The van der Waals surface area contributed by atoms with Crippen molar-refractivity contribution in [2.75, 3.05) is 4.90 Å². The number of nitrogens with zero attached hydrogens (tertiary/aromatic N) is 2. The summed E-state index contributed by atoms with van der Waals surface area (Å²) in [5, 5.41) is 16.3. The summed E-state index contributed by atoms with van der Waals surface area (Å²) in [5.41, 5.74) is 5.26. The Kier molecular flexibility index (Phi) is 5.17. The van der Waals surface area contributed by atoms with Gasteiger partial charge in [0.1, 0.15) is 5.84 Å². The average Bonchev–Trinajstić information content (AvgIpc) is 2.49. The van der Waals surface area contributed by atoms with E-state index >= 15 is 0 Å². The highest BCUT2D eigenvalue weighted by atomic mass is 15.2. The van der Waals surface area contributed by atoms with E-state index in [9.17, 15) is 0 Å². The van der Waals surface area contributed by atoms with Crippen molar-refractivity contribution in [1.82, 2.24) is 4.98 Å². The number of amidine groups is 1. The SMILES string of the molecule is Cc1cc(CC(C)(C)C)cc(C)c1N(C=N)C(=N)c1cccnc1. The van der Waals surface area contributed by atoms with Gasteiger partial charge in [0, 0.05) is 18.0 Å². The fourth-order valence-corrected chi connectivity index (χ4v) is 3.02. The molecule has 0 saturated carbocycles. The van der Waals surface area contributed by atoms with E-state index in [1.54, 1.807) is 23.4 Å². The fourth-order valence-electron chi connectivity index (χ4n) is 3.02. The molecule has 1 aromatic carbocycles. The molecular weight excluding hydrogens is 296 g/mol. The molecule has 0 aliphatic rings. The Morgan fingerprint density at radius 2 is 1.83 bits per heavy atom. The van der Waals surface area contributed by atoms with Crippen molar-refractivity contribution in [3.8, 4) is 0 Å². The third-order valence-electron chi connectivity index (χ3n) is 3.83. The molecule has 0 fully saturated rings. The molecule has 0 aliphatic heterocycles. The van der Waals surface area contributed by atoms with E-state index in [1.165, 1.54) is 11.9 Å². The van der Waals surface area contributed by atoms with Crippen LogP contribution in [0.4, 0.5) is 5.69 Å². The van der Waals surface area contributed by atoms with Crippen molar-refractivity contribution in [3.63, 3.8) is 0 Å². The summed E-state index contributed by atoms with van der Waals surface area (Å²) >= 11 is 0. The minimum Gasteiger partial charge on any atom is -0.291 e. The molecule has 1 aromatic heterocycles.